The van der Waals surface area contributed by atoms with Crippen molar-refractivity contribution in [2.45, 2.75) is 79.0 Å². The molecule has 2 aromatic rings. The molecule has 0 saturated heterocycles. The smallest absolute Gasteiger partial charge is 0.226 e. The van der Waals surface area contributed by atoms with E-state index in [0.717, 1.165) is 35.7 Å². The summed E-state index contributed by atoms with van der Waals surface area (Å²) in [5, 5.41) is 3.02. The summed E-state index contributed by atoms with van der Waals surface area (Å²) < 4.78 is 5.91. The SMILES string of the molecule is CCC(C)N(Cc1csc(COc2ccc(C)c(C)c2)n1)C(=O)C1CCCC1. The van der Waals surface area contributed by atoms with Crippen LogP contribution in [0.4, 0.5) is 0 Å². The molecule has 0 radical (unpaired) electrons. The van der Waals surface area contributed by atoms with Gasteiger partial charge in [0.05, 0.1) is 12.2 Å². The van der Waals surface area contributed by atoms with Crippen LogP contribution in [0, 0.1) is 19.8 Å². The lowest BCUT2D eigenvalue weighted by molar-refractivity contribution is -0.138. The monoisotopic (exact) mass is 400 g/mol. The first-order chi connectivity index (χ1) is 13.5. The van der Waals surface area contributed by atoms with E-state index >= 15 is 0 Å². The van der Waals surface area contributed by atoms with Gasteiger partial charge in [0.25, 0.3) is 0 Å². The molecular weight excluding hydrogens is 368 g/mol. The van der Waals surface area contributed by atoms with Crippen molar-refractivity contribution in [2.24, 2.45) is 5.92 Å². The van der Waals surface area contributed by atoms with Crippen LogP contribution < -0.4 is 4.74 Å². The van der Waals surface area contributed by atoms with Crippen LogP contribution in [0.1, 0.15) is 67.8 Å². The second-order valence-corrected chi connectivity index (χ2v) is 8.91. The molecule has 28 heavy (non-hydrogen) atoms. The van der Waals surface area contributed by atoms with Crippen molar-refractivity contribution in [3.8, 4) is 5.75 Å². The molecule has 1 atom stereocenters. The molecule has 1 fully saturated rings. The fourth-order valence-corrected chi connectivity index (χ4v) is 4.39. The average Bonchev–Trinajstić information content (AvgIpc) is 3.38. The van der Waals surface area contributed by atoms with Gasteiger partial charge in [0, 0.05) is 17.3 Å². The molecule has 5 heteroatoms. The summed E-state index contributed by atoms with van der Waals surface area (Å²) in [7, 11) is 0. The Kier molecular flexibility index (Phi) is 7.11. The summed E-state index contributed by atoms with van der Waals surface area (Å²) >= 11 is 1.61. The highest BCUT2D eigenvalue weighted by Crippen LogP contribution is 2.28. The highest BCUT2D eigenvalue weighted by Gasteiger charge is 2.29. The molecule has 1 heterocycles. The van der Waals surface area contributed by atoms with Gasteiger partial charge in [-0.05, 0) is 63.3 Å². The van der Waals surface area contributed by atoms with Crippen molar-refractivity contribution in [3.05, 3.63) is 45.4 Å². The van der Waals surface area contributed by atoms with Gasteiger partial charge in [-0.1, -0.05) is 25.8 Å². The molecule has 1 unspecified atom stereocenters. The molecule has 1 amide bonds. The van der Waals surface area contributed by atoms with Crippen LogP contribution in [0.25, 0.3) is 0 Å². The minimum Gasteiger partial charge on any atom is -0.486 e. The Morgan fingerprint density at radius 2 is 2.04 bits per heavy atom. The second kappa shape index (κ2) is 9.55. The van der Waals surface area contributed by atoms with Crippen LogP contribution in [0.2, 0.25) is 0 Å². The zero-order valence-electron chi connectivity index (χ0n) is 17.5. The van der Waals surface area contributed by atoms with Crippen molar-refractivity contribution in [1.82, 2.24) is 9.88 Å². The van der Waals surface area contributed by atoms with E-state index in [2.05, 4.69) is 45.2 Å². The number of nitrogens with zero attached hydrogens (tertiary/aromatic N) is 2. The van der Waals surface area contributed by atoms with Crippen molar-refractivity contribution >= 4 is 17.2 Å². The molecule has 152 valence electrons. The van der Waals surface area contributed by atoms with Gasteiger partial charge in [-0.15, -0.1) is 11.3 Å². The van der Waals surface area contributed by atoms with Crippen molar-refractivity contribution in [1.29, 1.82) is 0 Å². The number of carbonyl (C=O) groups excluding carboxylic acids is 1. The Balaban J connectivity index is 1.62. The van der Waals surface area contributed by atoms with Gasteiger partial charge < -0.3 is 9.64 Å². The maximum atomic E-state index is 13.0. The topological polar surface area (TPSA) is 42.4 Å². The highest BCUT2D eigenvalue weighted by atomic mass is 32.1. The molecule has 1 saturated carbocycles. The fourth-order valence-electron chi connectivity index (χ4n) is 3.69. The number of carbonyl (C=O) groups is 1. The summed E-state index contributed by atoms with van der Waals surface area (Å²) in [4.78, 5) is 19.8. The zero-order chi connectivity index (χ0) is 20.1. The van der Waals surface area contributed by atoms with E-state index < -0.39 is 0 Å². The lowest BCUT2D eigenvalue weighted by atomic mass is 10.0. The number of thiazole rings is 1. The lowest BCUT2D eigenvalue weighted by Gasteiger charge is -2.30. The van der Waals surface area contributed by atoms with Crippen molar-refractivity contribution in [3.63, 3.8) is 0 Å². The Morgan fingerprint density at radius 3 is 2.71 bits per heavy atom. The third-order valence-corrected chi connectivity index (χ3v) is 6.75. The van der Waals surface area contributed by atoms with Crippen molar-refractivity contribution < 1.29 is 9.53 Å². The Bertz CT molecular complexity index is 796. The first kappa shape index (κ1) is 20.8. The van der Waals surface area contributed by atoms with Crippen LogP contribution >= 0.6 is 11.3 Å². The molecule has 0 aliphatic heterocycles. The number of aromatic nitrogens is 1. The number of hydrogen-bond acceptors (Lipinski definition) is 4. The van der Waals surface area contributed by atoms with E-state index in [-0.39, 0.29) is 12.0 Å². The minimum absolute atomic E-state index is 0.209. The third-order valence-electron chi connectivity index (χ3n) is 5.88. The molecule has 3 rings (SSSR count). The van der Waals surface area contributed by atoms with Crippen LogP contribution in [-0.2, 0) is 17.9 Å². The van der Waals surface area contributed by atoms with E-state index in [1.54, 1.807) is 11.3 Å². The molecule has 1 aromatic carbocycles. The Hall–Kier alpha value is -1.88. The van der Waals surface area contributed by atoms with Crippen LogP contribution in [0.3, 0.4) is 0 Å². The van der Waals surface area contributed by atoms with Crippen LogP contribution in [0.15, 0.2) is 23.6 Å². The normalized spacial score (nSPS) is 15.6. The molecule has 0 bridgehead atoms. The summed E-state index contributed by atoms with van der Waals surface area (Å²) in [5.41, 5.74) is 3.46. The summed E-state index contributed by atoms with van der Waals surface area (Å²) in [6.45, 7) is 9.54. The number of amides is 1. The van der Waals surface area contributed by atoms with Crippen LogP contribution in [-0.4, -0.2) is 21.8 Å². The van der Waals surface area contributed by atoms with E-state index in [1.165, 1.54) is 24.0 Å². The van der Waals surface area contributed by atoms with Gasteiger partial charge in [-0.3, -0.25) is 4.79 Å². The van der Waals surface area contributed by atoms with E-state index in [1.807, 2.05) is 11.0 Å². The van der Waals surface area contributed by atoms with Crippen molar-refractivity contribution in [2.75, 3.05) is 0 Å². The number of hydrogen-bond donors (Lipinski definition) is 0. The quantitative estimate of drug-likeness (QED) is 0.574. The second-order valence-electron chi connectivity index (χ2n) is 7.97. The molecule has 1 aliphatic carbocycles. The van der Waals surface area contributed by atoms with Crippen LogP contribution in [0.5, 0.6) is 5.75 Å². The molecule has 0 spiro atoms. The summed E-state index contributed by atoms with van der Waals surface area (Å²) in [6.07, 6.45) is 5.41. The maximum absolute atomic E-state index is 13.0. The number of aryl methyl sites for hydroxylation is 2. The Morgan fingerprint density at radius 1 is 1.29 bits per heavy atom. The molecule has 1 aliphatic rings. The number of benzene rings is 1. The fraction of sp³-hybridized carbons (Fsp3) is 0.565. The minimum atomic E-state index is 0.209. The molecule has 1 aromatic heterocycles. The average molecular weight is 401 g/mol. The van der Waals surface area contributed by atoms with E-state index in [9.17, 15) is 4.79 Å². The first-order valence-electron chi connectivity index (χ1n) is 10.4. The third kappa shape index (κ3) is 5.13. The highest BCUT2D eigenvalue weighted by molar-refractivity contribution is 7.09. The predicted octanol–water partition coefficient (Wildman–Crippen LogP) is 5.66. The van der Waals surface area contributed by atoms with Gasteiger partial charge in [0.2, 0.25) is 5.91 Å². The number of ether oxygens (including phenoxy) is 1. The summed E-state index contributed by atoms with van der Waals surface area (Å²) in [5.74, 6) is 1.39. The maximum Gasteiger partial charge on any atom is 0.226 e. The molecule has 0 N–H and O–H groups in total. The standard InChI is InChI=1S/C23H32N2O2S/c1-5-18(4)25(23(26)19-8-6-7-9-19)13-20-15-28-22(24-20)14-27-21-11-10-16(2)17(3)12-21/h10-12,15,18-19H,5-9,13-14H2,1-4H3. The Labute approximate surface area is 172 Å². The number of rotatable bonds is 8. The largest absolute Gasteiger partial charge is 0.486 e. The predicted molar refractivity (Wildman–Crippen MR) is 115 cm³/mol. The zero-order valence-corrected chi connectivity index (χ0v) is 18.3. The van der Waals surface area contributed by atoms with E-state index in [4.69, 9.17) is 9.72 Å². The van der Waals surface area contributed by atoms with Gasteiger partial charge >= 0.3 is 0 Å². The van der Waals surface area contributed by atoms with Gasteiger partial charge in [-0.25, -0.2) is 4.98 Å². The van der Waals surface area contributed by atoms with E-state index in [0.29, 0.717) is 19.1 Å². The summed E-state index contributed by atoms with van der Waals surface area (Å²) in [6, 6.07) is 6.39. The molecular formula is C23H32N2O2S. The van der Waals surface area contributed by atoms with Gasteiger partial charge in [-0.2, -0.15) is 0 Å². The lowest BCUT2D eigenvalue weighted by Crippen LogP contribution is -2.41. The van der Waals surface area contributed by atoms with Gasteiger partial charge in [0.1, 0.15) is 17.4 Å². The first-order valence-corrected chi connectivity index (χ1v) is 11.3. The molecule has 4 nitrogen and oxygen atoms in total. The van der Waals surface area contributed by atoms with Gasteiger partial charge in [0.15, 0.2) is 0 Å².